The Morgan fingerprint density at radius 1 is 1.27 bits per heavy atom. The van der Waals surface area contributed by atoms with E-state index in [0.29, 0.717) is 27.1 Å². The van der Waals surface area contributed by atoms with E-state index < -0.39 is 0 Å². The van der Waals surface area contributed by atoms with Crippen LogP contribution in [0.1, 0.15) is 16.1 Å². The van der Waals surface area contributed by atoms with E-state index >= 15 is 0 Å². The Balaban J connectivity index is 1.77. The molecule has 0 saturated heterocycles. The fourth-order valence-corrected chi connectivity index (χ4v) is 3.08. The molecule has 0 aromatic carbocycles. The minimum absolute atomic E-state index is 0.340. The highest BCUT2D eigenvalue weighted by Crippen LogP contribution is 2.28. The third kappa shape index (κ3) is 2.86. The van der Waals surface area contributed by atoms with Gasteiger partial charge in [-0.3, -0.25) is 15.1 Å². The molecule has 4 rings (SSSR count). The maximum absolute atomic E-state index is 12.8. The smallest absolute Gasteiger partial charge is 0.295 e. The number of methoxy groups -OCH3 is 1. The normalized spacial score (nSPS) is 10.8. The Hall–Kier alpha value is -3.40. The van der Waals surface area contributed by atoms with Gasteiger partial charge in [0.25, 0.3) is 11.1 Å². The van der Waals surface area contributed by atoms with E-state index in [0.717, 1.165) is 22.6 Å². The van der Waals surface area contributed by atoms with Gasteiger partial charge in [-0.2, -0.15) is 5.10 Å². The summed E-state index contributed by atoms with van der Waals surface area (Å²) in [6, 6.07) is 5.59. The number of rotatable bonds is 4. The Labute approximate surface area is 151 Å². The second-order valence-electron chi connectivity index (χ2n) is 5.35. The molecule has 9 nitrogen and oxygen atoms in total. The Kier molecular flexibility index (Phi) is 4.01. The molecular formula is C16H13N7O2S. The van der Waals surface area contributed by atoms with Crippen molar-refractivity contribution in [2.45, 2.75) is 6.92 Å². The number of aryl methyl sites for hydroxylation is 1. The number of ether oxygens (including phenoxy) is 1. The van der Waals surface area contributed by atoms with Gasteiger partial charge in [0.1, 0.15) is 6.33 Å². The van der Waals surface area contributed by atoms with Crippen LogP contribution in [-0.4, -0.2) is 42.8 Å². The third-order valence-corrected chi connectivity index (χ3v) is 4.48. The van der Waals surface area contributed by atoms with Gasteiger partial charge in [-0.25, -0.2) is 9.50 Å². The van der Waals surface area contributed by atoms with Crippen LogP contribution in [0, 0.1) is 6.92 Å². The predicted octanol–water partition coefficient (Wildman–Crippen LogP) is 2.21. The van der Waals surface area contributed by atoms with Gasteiger partial charge in [-0.1, -0.05) is 5.10 Å². The predicted molar refractivity (Wildman–Crippen MR) is 95.4 cm³/mol. The fourth-order valence-electron chi connectivity index (χ4n) is 2.53. The monoisotopic (exact) mass is 367 g/mol. The molecule has 4 heterocycles. The number of hydrogen-bond acceptors (Lipinski definition) is 8. The highest BCUT2D eigenvalue weighted by atomic mass is 32.1. The van der Waals surface area contributed by atoms with Gasteiger partial charge in [-0.05, 0) is 36.5 Å². The first-order valence-corrected chi connectivity index (χ1v) is 8.41. The maximum atomic E-state index is 12.8. The molecule has 0 aliphatic carbocycles. The minimum atomic E-state index is -0.340. The summed E-state index contributed by atoms with van der Waals surface area (Å²) >= 11 is 1.14. The van der Waals surface area contributed by atoms with Crippen LogP contribution in [0.15, 0.2) is 36.9 Å². The SMILES string of the molecule is COc1nnc(NC(=O)c2cnc(C)cc2-c2cccn3ncnc23)s1. The molecule has 0 bridgehead atoms. The Morgan fingerprint density at radius 3 is 2.96 bits per heavy atom. The minimum Gasteiger partial charge on any atom is -0.472 e. The Bertz CT molecular complexity index is 1100. The van der Waals surface area contributed by atoms with E-state index in [1.165, 1.54) is 19.6 Å². The van der Waals surface area contributed by atoms with Crippen molar-refractivity contribution < 1.29 is 9.53 Å². The van der Waals surface area contributed by atoms with E-state index in [2.05, 4.69) is 30.6 Å². The lowest BCUT2D eigenvalue weighted by molar-refractivity contribution is 0.102. The van der Waals surface area contributed by atoms with Crippen LogP contribution in [0.2, 0.25) is 0 Å². The highest BCUT2D eigenvalue weighted by Gasteiger charge is 2.18. The number of anilines is 1. The number of aromatic nitrogens is 6. The zero-order valence-corrected chi connectivity index (χ0v) is 14.7. The van der Waals surface area contributed by atoms with E-state index in [9.17, 15) is 4.79 Å². The number of amides is 1. The van der Waals surface area contributed by atoms with Gasteiger partial charge in [0.05, 0.1) is 12.7 Å². The number of fused-ring (bicyclic) bond motifs is 1. The fraction of sp³-hybridized carbons (Fsp3) is 0.125. The zero-order chi connectivity index (χ0) is 18.1. The molecule has 1 amide bonds. The van der Waals surface area contributed by atoms with Crippen LogP contribution in [-0.2, 0) is 0 Å². The molecule has 10 heteroatoms. The van der Waals surface area contributed by atoms with Crippen LogP contribution >= 0.6 is 11.3 Å². The summed E-state index contributed by atoms with van der Waals surface area (Å²) in [4.78, 5) is 21.3. The van der Waals surface area contributed by atoms with Crippen molar-refractivity contribution in [2.75, 3.05) is 12.4 Å². The molecule has 4 aromatic heterocycles. The van der Waals surface area contributed by atoms with Crippen molar-refractivity contribution in [3.05, 3.63) is 48.2 Å². The molecule has 0 fully saturated rings. The van der Waals surface area contributed by atoms with Gasteiger partial charge in [0, 0.05) is 29.2 Å². The van der Waals surface area contributed by atoms with Crippen LogP contribution in [0.3, 0.4) is 0 Å². The largest absolute Gasteiger partial charge is 0.472 e. The number of carbonyl (C=O) groups is 1. The molecule has 4 aromatic rings. The number of carbonyl (C=O) groups excluding carboxylic acids is 1. The molecule has 0 aliphatic rings. The molecule has 26 heavy (non-hydrogen) atoms. The first-order valence-electron chi connectivity index (χ1n) is 7.60. The molecule has 0 saturated carbocycles. The van der Waals surface area contributed by atoms with Crippen LogP contribution in [0.5, 0.6) is 5.19 Å². The maximum Gasteiger partial charge on any atom is 0.295 e. The highest BCUT2D eigenvalue weighted by molar-refractivity contribution is 7.17. The molecule has 0 radical (unpaired) electrons. The van der Waals surface area contributed by atoms with Crippen LogP contribution < -0.4 is 10.1 Å². The second kappa shape index (κ2) is 6.48. The lowest BCUT2D eigenvalue weighted by atomic mass is 10.0. The molecule has 1 N–H and O–H groups in total. The summed E-state index contributed by atoms with van der Waals surface area (Å²) in [5, 5.41) is 15.3. The van der Waals surface area contributed by atoms with Crippen LogP contribution in [0.25, 0.3) is 16.8 Å². The number of nitrogens with zero attached hydrogens (tertiary/aromatic N) is 6. The van der Waals surface area contributed by atoms with Gasteiger partial charge >= 0.3 is 0 Å². The average Bonchev–Trinajstić information content (AvgIpc) is 3.30. The molecular weight excluding hydrogens is 354 g/mol. The van der Waals surface area contributed by atoms with Gasteiger partial charge < -0.3 is 4.74 Å². The topological polar surface area (TPSA) is 107 Å². The Morgan fingerprint density at radius 2 is 2.15 bits per heavy atom. The second-order valence-corrected chi connectivity index (χ2v) is 6.29. The number of nitrogens with one attached hydrogen (secondary N) is 1. The standard InChI is InChI=1S/C16H13N7O2S/c1-9-6-11(10-4-3-5-23-13(10)18-8-19-23)12(7-17-9)14(24)20-15-21-22-16(25-2)26-15/h3-8H,1-2H3,(H,20,21,24). The quantitative estimate of drug-likeness (QED) is 0.589. The third-order valence-electron chi connectivity index (χ3n) is 3.68. The van der Waals surface area contributed by atoms with E-state index in [1.54, 1.807) is 10.7 Å². The van der Waals surface area contributed by atoms with Crippen molar-refractivity contribution in [2.24, 2.45) is 0 Å². The van der Waals surface area contributed by atoms with Gasteiger partial charge in [-0.15, -0.1) is 5.10 Å². The summed E-state index contributed by atoms with van der Waals surface area (Å²) in [6.45, 7) is 1.87. The lowest BCUT2D eigenvalue weighted by Crippen LogP contribution is -2.14. The molecule has 0 unspecified atom stereocenters. The summed E-state index contributed by atoms with van der Waals surface area (Å²) in [7, 11) is 1.49. The number of pyridine rings is 2. The summed E-state index contributed by atoms with van der Waals surface area (Å²) in [5.41, 5.74) is 3.35. The molecule has 0 atom stereocenters. The number of hydrogen-bond donors (Lipinski definition) is 1. The molecule has 130 valence electrons. The van der Waals surface area contributed by atoms with E-state index in [1.807, 2.05) is 25.1 Å². The zero-order valence-electron chi connectivity index (χ0n) is 13.9. The van der Waals surface area contributed by atoms with Crippen molar-refractivity contribution in [3.63, 3.8) is 0 Å². The van der Waals surface area contributed by atoms with E-state index in [-0.39, 0.29) is 5.91 Å². The average molecular weight is 367 g/mol. The summed E-state index contributed by atoms with van der Waals surface area (Å²) in [6.07, 6.45) is 4.81. The lowest BCUT2D eigenvalue weighted by Gasteiger charge is -2.10. The van der Waals surface area contributed by atoms with Gasteiger partial charge in [0.2, 0.25) is 5.13 Å². The summed E-state index contributed by atoms with van der Waals surface area (Å²) in [5.74, 6) is -0.340. The van der Waals surface area contributed by atoms with Crippen LogP contribution in [0.4, 0.5) is 5.13 Å². The van der Waals surface area contributed by atoms with E-state index in [4.69, 9.17) is 4.74 Å². The molecule has 0 aliphatic heterocycles. The molecule has 0 spiro atoms. The first-order chi connectivity index (χ1) is 12.7. The van der Waals surface area contributed by atoms with Crippen molar-refractivity contribution in [1.29, 1.82) is 0 Å². The van der Waals surface area contributed by atoms with Crippen molar-refractivity contribution >= 4 is 28.0 Å². The summed E-state index contributed by atoms with van der Waals surface area (Å²) < 4.78 is 6.65. The first kappa shape index (κ1) is 16.1. The van der Waals surface area contributed by atoms with Gasteiger partial charge in [0.15, 0.2) is 5.65 Å². The van der Waals surface area contributed by atoms with Crippen molar-refractivity contribution in [3.8, 4) is 16.3 Å². The van der Waals surface area contributed by atoms with Crippen molar-refractivity contribution in [1.82, 2.24) is 29.8 Å².